The van der Waals surface area contributed by atoms with Crippen molar-refractivity contribution < 1.29 is 13.2 Å². The standard InChI is InChI=1S/C14H13N5O3S/c1-22-14-8-3-2-7-13(14)16-23(20,21)12-6-4-5-11(9-12)19-10-15-17-18-19/h2-10,16H,1H3. The highest BCUT2D eigenvalue weighted by atomic mass is 32.2. The average molecular weight is 331 g/mol. The zero-order chi connectivity index (χ0) is 16.3. The van der Waals surface area contributed by atoms with Crippen molar-refractivity contribution in [2.45, 2.75) is 4.90 Å². The number of nitrogens with one attached hydrogen (secondary N) is 1. The number of sulfonamides is 1. The third-order valence-electron chi connectivity index (χ3n) is 3.09. The van der Waals surface area contributed by atoms with Crippen LogP contribution < -0.4 is 9.46 Å². The molecule has 0 aliphatic heterocycles. The third kappa shape index (κ3) is 3.14. The van der Waals surface area contributed by atoms with Crippen LogP contribution in [0.15, 0.2) is 59.8 Å². The van der Waals surface area contributed by atoms with Crippen molar-refractivity contribution in [2.75, 3.05) is 11.8 Å². The monoisotopic (exact) mass is 331 g/mol. The molecule has 0 saturated carbocycles. The van der Waals surface area contributed by atoms with Crippen molar-refractivity contribution in [1.29, 1.82) is 0 Å². The predicted octanol–water partition coefficient (Wildman–Crippen LogP) is 1.47. The zero-order valence-corrected chi connectivity index (χ0v) is 12.9. The number of rotatable bonds is 5. The number of anilines is 1. The van der Waals surface area contributed by atoms with Crippen LogP contribution >= 0.6 is 0 Å². The van der Waals surface area contributed by atoms with Gasteiger partial charge in [0.25, 0.3) is 10.0 Å². The maximum absolute atomic E-state index is 12.6. The minimum absolute atomic E-state index is 0.0939. The number of hydrogen-bond donors (Lipinski definition) is 1. The highest BCUT2D eigenvalue weighted by Crippen LogP contribution is 2.26. The van der Waals surface area contributed by atoms with E-state index in [-0.39, 0.29) is 4.90 Å². The molecule has 3 rings (SSSR count). The molecule has 0 radical (unpaired) electrons. The minimum Gasteiger partial charge on any atom is -0.495 e. The number of tetrazole rings is 1. The van der Waals surface area contributed by atoms with Crippen molar-refractivity contribution in [2.24, 2.45) is 0 Å². The van der Waals surface area contributed by atoms with Gasteiger partial charge < -0.3 is 4.74 Å². The summed E-state index contributed by atoms with van der Waals surface area (Å²) in [5, 5.41) is 10.8. The first kappa shape index (κ1) is 15.0. The summed E-state index contributed by atoms with van der Waals surface area (Å²) >= 11 is 0. The van der Waals surface area contributed by atoms with E-state index in [9.17, 15) is 8.42 Å². The molecule has 0 saturated heterocycles. The molecule has 8 nitrogen and oxygen atoms in total. The Labute approximate surface area is 132 Å². The Hall–Kier alpha value is -2.94. The molecule has 1 heterocycles. The molecular formula is C14H13N5O3S. The zero-order valence-electron chi connectivity index (χ0n) is 12.1. The highest BCUT2D eigenvalue weighted by molar-refractivity contribution is 7.92. The summed E-state index contributed by atoms with van der Waals surface area (Å²) in [6.45, 7) is 0. The fourth-order valence-electron chi connectivity index (χ4n) is 2.01. The molecule has 1 aromatic heterocycles. The van der Waals surface area contributed by atoms with Crippen LogP contribution in [0.1, 0.15) is 0 Å². The number of aromatic nitrogens is 4. The van der Waals surface area contributed by atoms with Crippen LogP contribution in [0.2, 0.25) is 0 Å². The van der Waals surface area contributed by atoms with E-state index in [1.807, 2.05) is 0 Å². The molecule has 0 bridgehead atoms. The number of methoxy groups -OCH3 is 1. The summed E-state index contributed by atoms with van der Waals surface area (Å²) in [4.78, 5) is 0.0939. The van der Waals surface area contributed by atoms with Crippen molar-refractivity contribution in [3.63, 3.8) is 0 Å². The topological polar surface area (TPSA) is 99.0 Å². The predicted molar refractivity (Wildman–Crippen MR) is 83.0 cm³/mol. The Morgan fingerprint density at radius 3 is 2.70 bits per heavy atom. The molecule has 0 unspecified atom stereocenters. The van der Waals surface area contributed by atoms with Gasteiger partial charge in [0.05, 0.1) is 23.4 Å². The first-order chi connectivity index (χ1) is 11.1. The first-order valence-electron chi connectivity index (χ1n) is 6.59. The fraction of sp³-hybridized carbons (Fsp3) is 0.0714. The molecule has 23 heavy (non-hydrogen) atoms. The van der Waals surface area contributed by atoms with Gasteiger partial charge in [-0.2, -0.15) is 0 Å². The van der Waals surface area contributed by atoms with Crippen molar-refractivity contribution >= 4 is 15.7 Å². The molecule has 0 aliphatic carbocycles. The molecule has 0 spiro atoms. The second kappa shape index (κ2) is 6.05. The normalized spacial score (nSPS) is 11.2. The molecule has 0 atom stereocenters. The van der Waals surface area contributed by atoms with E-state index in [1.54, 1.807) is 36.4 Å². The molecule has 118 valence electrons. The Kier molecular flexibility index (Phi) is 3.94. The summed E-state index contributed by atoms with van der Waals surface area (Å²) in [5.41, 5.74) is 0.903. The second-order valence-electron chi connectivity index (χ2n) is 4.56. The summed E-state index contributed by atoms with van der Waals surface area (Å²) in [5.74, 6) is 0.438. The van der Waals surface area contributed by atoms with Crippen molar-refractivity contribution in [1.82, 2.24) is 20.2 Å². The largest absolute Gasteiger partial charge is 0.495 e. The van der Waals surface area contributed by atoms with Gasteiger partial charge in [-0.15, -0.1) is 5.10 Å². The lowest BCUT2D eigenvalue weighted by molar-refractivity contribution is 0.417. The van der Waals surface area contributed by atoms with Crippen molar-refractivity contribution in [3.8, 4) is 11.4 Å². The van der Waals surface area contributed by atoms with E-state index < -0.39 is 10.0 Å². The lowest BCUT2D eigenvalue weighted by Gasteiger charge is -2.12. The van der Waals surface area contributed by atoms with Crippen LogP contribution in [-0.4, -0.2) is 35.7 Å². The number of nitrogens with zero attached hydrogens (tertiary/aromatic N) is 4. The van der Waals surface area contributed by atoms with Gasteiger partial charge in [-0.25, -0.2) is 13.1 Å². The van der Waals surface area contributed by atoms with Crippen LogP contribution in [0.3, 0.4) is 0 Å². The summed E-state index contributed by atoms with van der Waals surface area (Å²) in [7, 11) is -2.29. The molecule has 2 aromatic carbocycles. The number of benzene rings is 2. The van der Waals surface area contributed by atoms with E-state index in [4.69, 9.17) is 4.74 Å². The van der Waals surface area contributed by atoms with E-state index >= 15 is 0 Å². The average Bonchev–Trinajstić information content (AvgIpc) is 3.10. The summed E-state index contributed by atoms with van der Waals surface area (Å²) in [6, 6.07) is 13.1. The van der Waals surface area contributed by atoms with Crippen LogP contribution in [0.4, 0.5) is 5.69 Å². The molecule has 0 aliphatic rings. The summed E-state index contributed by atoms with van der Waals surface area (Å²) in [6.07, 6.45) is 1.39. The Morgan fingerprint density at radius 1 is 1.13 bits per heavy atom. The number of hydrogen-bond acceptors (Lipinski definition) is 6. The lowest BCUT2D eigenvalue weighted by atomic mass is 10.3. The maximum Gasteiger partial charge on any atom is 0.262 e. The molecule has 0 amide bonds. The Bertz CT molecular complexity index is 910. The molecule has 1 N–H and O–H groups in total. The van der Waals surface area contributed by atoms with Gasteiger partial charge in [0.1, 0.15) is 12.1 Å². The fourth-order valence-corrected chi connectivity index (χ4v) is 3.12. The third-order valence-corrected chi connectivity index (χ3v) is 4.46. The lowest BCUT2D eigenvalue weighted by Crippen LogP contribution is -2.14. The van der Waals surface area contributed by atoms with Gasteiger partial charge in [-0.05, 0) is 40.8 Å². The smallest absolute Gasteiger partial charge is 0.262 e. The van der Waals surface area contributed by atoms with Crippen LogP contribution in [0.25, 0.3) is 5.69 Å². The van der Waals surface area contributed by atoms with Crippen LogP contribution in [-0.2, 0) is 10.0 Å². The molecule has 0 fully saturated rings. The van der Waals surface area contributed by atoms with Crippen molar-refractivity contribution in [3.05, 3.63) is 54.9 Å². The van der Waals surface area contributed by atoms with Crippen LogP contribution in [0, 0.1) is 0 Å². The van der Waals surface area contributed by atoms with Gasteiger partial charge in [0.15, 0.2) is 0 Å². The SMILES string of the molecule is COc1ccccc1NS(=O)(=O)c1cccc(-n2cnnn2)c1. The number of ether oxygens (including phenoxy) is 1. The van der Waals surface area contributed by atoms with Crippen LogP contribution in [0.5, 0.6) is 5.75 Å². The van der Waals surface area contributed by atoms with E-state index in [0.29, 0.717) is 17.1 Å². The summed E-state index contributed by atoms with van der Waals surface area (Å²) < 4.78 is 34.2. The number of para-hydroxylation sites is 2. The van der Waals surface area contributed by atoms with E-state index in [0.717, 1.165) is 0 Å². The first-order valence-corrected chi connectivity index (χ1v) is 8.08. The molecule has 3 aromatic rings. The van der Waals surface area contributed by atoms with Gasteiger partial charge in [-0.3, -0.25) is 4.72 Å². The van der Waals surface area contributed by atoms with Gasteiger partial charge >= 0.3 is 0 Å². The van der Waals surface area contributed by atoms with Gasteiger partial charge in [0.2, 0.25) is 0 Å². The second-order valence-corrected chi connectivity index (χ2v) is 6.24. The quantitative estimate of drug-likeness (QED) is 0.760. The maximum atomic E-state index is 12.6. The Morgan fingerprint density at radius 2 is 1.96 bits per heavy atom. The molecular weight excluding hydrogens is 318 g/mol. The highest BCUT2D eigenvalue weighted by Gasteiger charge is 2.17. The van der Waals surface area contributed by atoms with E-state index in [2.05, 4.69) is 20.2 Å². The Balaban J connectivity index is 1.95. The van der Waals surface area contributed by atoms with Gasteiger partial charge in [0, 0.05) is 0 Å². The van der Waals surface area contributed by atoms with E-state index in [1.165, 1.54) is 30.3 Å². The van der Waals surface area contributed by atoms with Gasteiger partial charge in [-0.1, -0.05) is 18.2 Å². The molecule has 9 heteroatoms. The minimum atomic E-state index is -3.77.